The van der Waals surface area contributed by atoms with Gasteiger partial charge in [-0.05, 0) is 26.1 Å². The normalized spacial score (nSPS) is 12.0. The van der Waals surface area contributed by atoms with Gasteiger partial charge in [-0.3, -0.25) is 0 Å². The summed E-state index contributed by atoms with van der Waals surface area (Å²) in [4.78, 5) is 11.1. The van der Waals surface area contributed by atoms with E-state index in [-0.39, 0.29) is 5.97 Å². The molecular weight excluding hydrogens is 168 g/mol. The van der Waals surface area contributed by atoms with Crippen LogP contribution in [0.3, 0.4) is 0 Å². The first-order chi connectivity index (χ1) is 5.45. The van der Waals surface area contributed by atoms with Gasteiger partial charge in [-0.1, -0.05) is 19.4 Å². The predicted molar refractivity (Wildman–Crippen MR) is 53.5 cm³/mol. The molecule has 2 nitrogen and oxygen atoms in total. The molecule has 0 amide bonds. The van der Waals surface area contributed by atoms with E-state index in [2.05, 4.69) is 6.92 Å². The molecule has 0 aliphatic rings. The van der Waals surface area contributed by atoms with Crippen LogP contribution in [0.1, 0.15) is 19.8 Å². The molecular formula is C9H18O2Si. The summed E-state index contributed by atoms with van der Waals surface area (Å²) in [6, 6.07) is 0. The summed E-state index contributed by atoms with van der Waals surface area (Å²) < 4.78 is 5.20. The van der Waals surface area contributed by atoms with Crippen molar-refractivity contribution in [3.8, 4) is 0 Å². The van der Waals surface area contributed by atoms with Crippen LogP contribution < -0.4 is 0 Å². The molecule has 0 atom stereocenters. The van der Waals surface area contributed by atoms with Crippen LogP contribution in [0.5, 0.6) is 0 Å². The van der Waals surface area contributed by atoms with Gasteiger partial charge in [0.2, 0.25) is 8.32 Å². The molecule has 0 aromatic rings. The quantitative estimate of drug-likeness (QED) is 0.498. The van der Waals surface area contributed by atoms with E-state index in [9.17, 15) is 4.79 Å². The number of carbonyl (C=O) groups is 1. The molecule has 0 aliphatic carbocycles. The average Bonchev–Trinajstić information content (AvgIpc) is 1.84. The zero-order valence-corrected chi connectivity index (χ0v) is 9.39. The summed E-state index contributed by atoms with van der Waals surface area (Å²) in [5, 5.41) is 0. The number of allylic oxidation sites excluding steroid dienone is 1. The van der Waals surface area contributed by atoms with Gasteiger partial charge in [-0.25, -0.2) is 4.79 Å². The molecule has 0 fully saturated rings. The Morgan fingerprint density at radius 2 is 2.00 bits per heavy atom. The Kier molecular flexibility index (Phi) is 4.89. The maximum atomic E-state index is 11.1. The molecule has 0 saturated heterocycles. The van der Waals surface area contributed by atoms with Crippen molar-refractivity contribution in [1.29, 1.82) is 0 Å². The molecule has 0 bridgehead atoms. The minimum Gasteiger partial charge on any atom is -0.517 e. The number of rotatable bonds is 4. The highest BCUT2D eigenvalue weighted by Gasteiger charge is 2.17. The molecule has 0 unspecified atom stereocenters. The molecule has 0 saturated carbocycles. The first-order valence-corrected chi connectivity index (χ1v) is 7.76. The Morgan fingerprint density at radius 3 is 2.42 bits per heavy atom. The zero-order valence-electron chi connectivity index (χ0n) is 8.39. The van der Waals surface area contributed by atoms with Gasteiger partial charge in [0.1, 0.15) is 0 Å². The summed E-state index contributed by atoms with van der Waals surface area (Å²) in [5.74, 6) is -0.192. The van der Waals surface area contributed by atoms with Crippen LogP contribution in [-0.4, -0.2) is 14.3 Å². The third kappa shape index (κ3) is 7.53. The number of unbranched alkanes of at least 4 members (excludes halogenated alkanes) is 1. The largest absolute Gasteiger partial charge is 0.517 e. The fourth-order valence-corrected chi connectivity index (χ4v) is 1.35. The monoisotopic (exact) mass is 186 g/mol. The molecule has 3 heteroatoms. The molecule has 70 valence electrons. The van der Waals surface area contributed by atoms with Crippen LogP contribution in [0.25, 0.3) is 0 Å². The van der Waals surface area contributed by atoms with Crippen LogP contribution in [0.15, 0.2) is 12.2 Å². The number of hydrogen-bond acceptors (Lipinski definition) is 2. The van der Waals surface area contributed by atoms with Gasteiger partial charge < -0.3 is 4.43 Å². The van der Waals surface area contributed by atoms with Crippen molar-refractivity contribution in [2.75, 3.05) is 0 Å². The van der Waals surface area contributed by atoms with Crippen LogP contribution in [-0.2, 0) is 9.22 Å². The maximum Gasteiger partial charge on any atom is 0.317 e. The molecule has 0 rings (SSSR count). The van der Waals surface area contributed by atoms with Gasteiger partial charge in [-0.2, -0.15) is 0 Å². The second kappa shape index (κ2) is 5.14. The van der Waals surface area contributed by atoms with E-state index >= 15 is 0 Å². The second-order valence-corrected chi connectivity index (χ2v) is 8.15. The lowest BCUT2D eigenvalue weighted by atomic mass is 10.3. The molecule has 0 spiro atoms. The van der Waals surface area contributed by atoms with E-state index in [1.165, 1.54) is 6.08 Å². The van der Waals surface area contributed by atoms with E-state index in [0.29, 0.717) is 0 Å². The molecule has 0 radical (unpaired) electrons. The lowest BCUT2D eigenvalue weighted by Crippen LogP contribution is -2.28. The highest BCUT2D eigenvalue weighted by molar-refractivity contribution is 6.71. The average molecular weight is 186 g/mol. The van der Waals surface area contributed by atoms with E-state index in [1.807, 2.05) is 25.7 Å². The van der Waals surface area contributed by atoms with Crippen molar-refractivity contribution >= 4 is 14.3 Å². The molecule has 0 N–H and O–H groups in total. The zero-order chi connectivity index (χ0) is 9.61. The van der Waals surface area contributed by atoms with E-state index in [1.54, 1.807) is 0 Å². The Labute approximate surface area is 75.7 Å². The lowest BCUT2D eigenvalue weighted by molar-refractivity contribution is -0.129. The highest BCUT2D eigenvalue weighted by Crippen LogP contribution is 2.03. The fourth-order valence-electron chi connectivity index (χ4n) is 0.682. The third-order valence-electron chi connectivity index (χ3n) is 1.12. The third-order valence-corrected chi connectivity index (χ3v) is 1.93. The van der Waals surface area contributed by atoms with Crippen LogP contribution >= 0.6 is 0 Å². The predicted octanol–water partition coefficient (Wildman–Crippen LogP) is 2.72. The van der Waals surface area contributed by atoms with Gasteiger partial charge in [0.05, 0.1) is 0 Å². The second-order valence-electron chi connectivity index (χ2n) is 3.72. The molecule has 0 aromatic heterocycles. The first-order valence-electron chi connectivity index (χ1n) is 4.35. The van der Waals surface area contributed by atoms with Crippen molar-refractivity contribution in [2.45, 2.75) is 39.4 Å². The smallest absolute Gasteiger partial charge is 0.317 e. The van der Waals surface area contributed by atoms with Crippen molar-refractivity contribution in [1.82, 2.24) is 0 Å². The highest BCUT2D eigenvalue weighted by atomic mass is 28.4. The first kappa shape index (κ1) is 11.4. The van der Waals surface area contributed by atoms with Gasteiger partial charge in [0.15, 0.2) is 0 Å². The van der Waals surface area contributed by atoms with Gasteiger partial charge in [0.25, 0.3) is 0 Å². The summed E-state index contributed by atoms with van der Waals surface area (Å²) in [5.41, 5.74) is 0. The van der Waals surface area contributed by atoms with E-state index < -0.39 is 8.32 Å². The molecule has 0 aliphatic heterocycles. The Bertz CT molecular complexity index is 168. The molecule has 0 heterocycles. The Balaban J connectivity index is 3.75. The molecule has 12 heavy (non-hydrogen) atoms. The maximum absolute atomic E-state index is 11.1. The minimum atomic E-state index is -1.68. The lowest BCUT2D eigenvalue weighted by Gasteiger charge is -2.15. The topological polar surface area (TPSA) is 26.3 Å². The standard InChI is InChI=1S/C9H18O2Si/c1-5-6-7-8-9(10)11-12(2,3)4/h7-8H,5-6H2,1-4H3. The summed E-state index contributed by atoms with van der Waals surface area (Å²) in [7, 11) is -1.68. The summed E-state index contributed by atoms with van der Waals surface area (Å²) in [6.07, 6.45) is 5.40. The van der Waals surface area contributed by atoms with Gasteiger partial charge in [0, 0.05) is 6.08 Å². The Hall–Kier alpha value is -0.573. The molecule has 0 aromatic carbocycles. The summed E-state index contributed by atoms with van der Waals surface area (Å²) in [6.45, 7) is 8.07. The summed E-state index contributed by atoms with van der Waals surface area (Å²) >= 11 is 0. The van der Waals surface area contributed by atoms with E-state index in [4.69, 9.17) is 4.43 Å². The van der Waals surface area contributed by atoms with Crippen LogP contribution in [0, 0.1) is 0 Å². The van der Waals surface area contributed by atoms with Gasteiger partial charge >= 0.3 is 5.97 Å². The van der Waals surface area contributed by atoms with Crippen molar-refractivity contribution in [2.24, 2.45) is 0 Å². The fraction of sp³-hybridized carbons (Fsp3) is 0.667. The van der Waals surface area contributed by atoms with Crippen molar-refractivity contribution in [3.05, 3.63) is 12.2 Å². The number of hydrogen-bond donors (Lipinski definition) is 0. The number of carbonyl (C=O) groups excluding carboxylic acids is 1. The van der Waals surface area contributed by atoms with Crippen molar-refractivity contribution in [3.63, 3.8) is 0 Å². The SMILES string of the molecule is CCCC=CC(=O)O[Si](C)(C)C. The van der Waals surface area contributed by atoms with Crippen molar-refractivity contribution < 1.29 is 9.22 Å². The van der Waals surface area contributed by atoms with Gasteiger partial charge in [-0.15, -0.1) is 0 Å². The van der Waals surface area contributed by atoms with Crippen LogP contribution in [0.2, 0.25) is 19.6 Å². The van der Waals surface area contributed by atoms with Crippen LogP contribution in [0.4, 0.5) is 0 Å². The van der Waals surface area contributed by atoms with E-state index in [0.717, 1.165) is 12.8 Å². The Morgan fingerprint density at radius 1 is 1.42 bits per heavy atom. The minimum absolute atomic E-state index is 0.192.